The lowest BCUT2D eigenvalue weighted by Gasteiger charge is -2.04. The molecule has 1 aromatic heterocycles. The third kappa shape index (κ3) is 1.28. The lowest BCUT2D eigenvalue weighted by molar-refractivity contribution is 1.13. The van der Waals surface area contributed by atoms with Gasteiger partial charge in [0.25, 0.3) is 0 Å². The molecule has 0 saturated carbocycles. The topological polar surface area (TPSA) is 25.8 Å². The minimum Gasteiger partial charge on any atom is -0.253 e. The van der Waals surface area contributed by atoms with Crippen LogP contribution in [-0.2, 0) is 6.42 Å². The third-order valence-electron chi connectivity index (χ3n) is 2.29. The van der Waals surface area contributed by atoms with E-state index in [2.05, 4.69) is 35.9 Å². The van der Waals surface area contributed by atoms with Gasteiger partial charge in [0, 0.05) is 12.4 Å². The molecule has 0 atom stereocenters. The molecule has 0 fully saturated rings. The highest BCUT2D eigenvalue weighted by Crippen LogP contribution is 2.17. The second kappa shape index (κ2) is 3.13. The van der Waals surface area contributed by atoms with E-state index in [0.717, 1.165) is 17.5 Å². The molecule has 66 valence electrons. The lowest BCUT2D eigenvalue weighted by atomic mass is 10.1. The summed E-state index contributed by atoms with van der Waals surface area (Å²) in [6.45, 7) is 4.20. The van der Waals surface area contributed by atoms with Crippen LogP contribution in [0, 0.1) is 6.92 Å². The first-order chi connectivity index (χ1) is 6.33. The van der Waals surface area contributed by atoms with Gasteiger partial charge in [-0.1, -0.05) is 19.1 Å². The Morgan fingerprint density at radius 2 is 1.77 bits per heavy atom. The van der Waals surface area contributed by atoms with E-state index in [-0.39, 0.29) is 0 Å². The number of aromatic nitrogens is 2. The molecule has 2 rings (SSSR count). The van der Waals surface area contributed by atoms with E-state index in [1.807, 2.05) is 0 Å². The average molecular weight is 172 g/mol. The Balaban J connectivity index is 2.84. The van der Waals surface area contributed by atoms with Crippen LogP contribution in [0.15, 0.2) is 24.5 Å². The highest BCUT2D eigenvalue weighted by molar-refractivity contribution is 5.80. The molecule has 0 bridgehead atoms. The fourth-order valence-electron chi connectivity index (χ4n) is 1.53. The van der Waals surface area contributed by atoms with Crippen molar-refractivity contribution < 1.29 is 0 Å². The Kier molecular flexibility index (Phi) is 1.97. The van der Waals surface area contributed by atoms with Crippen LogP contribution >= 0.6 is 0 Å². The van der Waals surface area contributed by atoms with Gasteiger partial charge in [0.15, 0.2) is 0 Å². The zero-order chi connectivity index (χ0) is 9.26. The van der Waals surface area contributed by atoms with Crippen LogP contribution in [0.3, 0.4) is 0 Å². The van der Waals surface area contributed by atoms with E-state index in [0.29, 0.717) is 0 Å². The molecule has 1 heterocycles. The molecule has 0 aliphatic heterocycles. The molecular formula is C11H12N2. The van der Waals surface area contributed by atoms with Gasteiger partial charge in [0.05, 0.1) is 11.0 Å². The summed E-state index contributed by atoms with van der Waals surface area (Å²) in [5.74, 6) is 0. The van der Waals surface area contributed by atoms with E-state index in [1.54, 1.807) is 12.4 Å². The smallest absolute Gasteiger partial charge is 0.0921 e. The monoisotopic (exact) mass is 172 g/mol. The molecule has 13 heavy (non-hydrogen) atoms. The van der Waals surface area contributed by atoms with Crippen molar-refractivity contribution in [1.82, 2.24) is 9.97 Å². The van der Waals surface area contributed by atoms with Gasteiger partial charge >= 0.3 is 0 Å². The van der Waals surface area contributed by atoms with Crippen molar-refractivity contribution in [1.29, 1.82) is 0 Å². The fraction of sp³-hybridized carbons (Fsp3) is 0.273. The Morgan fingerprint density at radius 1 is 1.08 bits per heavy atom. The second-order valence-corrected chi connectivity index (χ2v) is 3.15. The summed E-state index contributed by atoms with van der Waals surface area (Å²) in [7, 11) is 0. The summed E-state index contributed by atoms with van der Waals surface area (Å²) in [5.41, 5.74) is 4.54. The Hall–Kier alpha value is -1.44. The van der Waals surface area contributed by atoms with Crippen LogP contribution in [0.1, 0.15) is 18.1 Å². The van der Waals surface area contributed by atoms with Gasteiger partial charge in [0.2, 0.25) is 0 Å². The number of rotatable bonds is 1. The first-order valence-corrected chi connectivity index (χ1v) is 4.52. The SMILES string of the molecule is CCc1ccc(C)c2nccnc12. The van der Waals surface area contributed by atoms with Crippen LogP contribution < -0.4 is 0 Å². The molecule has 0 aliphatic rings. The van der Waals surface area contributed by atoms with Crippen LogP contribution in [0.25, 0.3) is 11.0 Å². The number of aryl methyl sites for hydroxylation is 2. The van der Waals surface area contributed by atoms with Crippen LogP contribution in [0.2, 0.25) is 0 Å². The molecule has 2 heteroatoms. The molecule has 0 unspecified atom stereocenters. The summed E-state index contributed by atoms with van der Waals surface area (Å²) in [6, 6.07) is 4.24. The number of fused-ring (bicyclic) bond motifs is 1. The van der Waals surface area contributed by atoms with Crippen LogP contribution in [0.5, 0.6) is 0 Å². The normalized spacial score (nSPS) is 10.6. The van der Waals surface area contributed by atoms with E-state index < -0.39 is 0 Å². The molecule has 0 N–H and O–H groups in total. The van der Waals surface area contributed by atoms with E-state index in [4.69, 9.17) is 0 Å². The molecule has 0 amide bonds. The number of hydrogen-bond donors (Lipinski definition) is 0. The highest BCUT2D eigenvalue weighted by atomic mass is 14.8. The lowest BCUT2D eigenvalue weighted by Crippen LogP contribution is -1.91. The van der Waals surface area contributed by atoms with Gasteiger partial charge in [-0.3, -0.25) is 9.97 Å². The van der Waals surface area contributed by atoms with Crippen molar-refractivity contribution in [3.8, 4) is 0 Å². The number of benzene rings is 1. The molecule has 0 radical (unpaired) electrons. The molecule has 0 spiro atoms. The number of nitrogens with zero attached hydrogens (tertiary/aromatic N) is 2. The molecule has 2 aromatic rings. The Labute approximate surface area is 77.6 Å². The maximum absolute atomic E-state index is 4.35. The third-order valence-corrected chi connectivity index (χ3v) is 2.29. The van der Waals surface area contributed by atoms with E-state index >= 15 is 0 Å². The van der Waals surface area contributed by atoms with Gasteiger partial charge < -0.3 is 0 Å². The predicted octanol–water partition coefficient (Wildman–Crippen LogP) is 2.50. The maximum Gasteiger partial charge on any atom is 0.0921 e. The zero-order valence-corrected chi connectivity index (χ0v) is 7.91. The average Bonchev–Trinajstić information content (AvgIpc) is 2.19. The molecule has 0 saturated heterocycles. The quantitative estimate of drug-likeness (QED) is 0.660. The van der Waals surface area contributed by atoms with Gasteiger partial charge in [-0.25, -0.2) is 0 Å². The van der Waals surface area contributed by atoms with E-state index in [9.17, 15) is 0 Å². The van der Waals surface area contributed by atoms with Crippen molar-refractivity contribution in [3.05, 3.63) is 35.7 Å². The van der Waals surface area contributed by atoms with Gasteiger partial charge in [0.1, 0.15) is 0 Å². The van der Waals surface area contributed by atoms with Gasteiger partial charge in [-0.15, -0.1) is 0 Å². The molecular weight excluding hydrogens is 160 g/mol. The van der Waals surface area contributed by atoms with Crippen molar-refractivity contribution in [2.24, 2.45) is 0 Å². The Bertz CT molecular complexity index is 435. The van der Waals surface area contributed by atoms with Crippen molar-refractivity contribution in [3.63, 3.8) is 0 Å². The van der Waals surface area contributed by atoms with Gasteiger partial charge in [-0.2, -0.15) is 0 Å². The van der Waals surface area contributed by atoms with E-state index in [1.165, 1.54) is 11.1 Å². The predicted molar refractivity (Wildman–Crippen MR) is 53.7 cm³/mol. The molecule has 0 aliphatic carbocycles. The first-order valence-electron chi connectivity index (χ1n) is 4.52. The summed E-state index contributed by atoms with van der Waals surface area (Å²) in [4.78, 5) is 8.68. The minimum absolute atomic E-state index is 1.01. The summed E-state index contributed by atoms with van der Waals surface area (Å²) in [5, 5.41) is 0. The summed E-state index contributed by atoms with van der Waals surface area (Å²) >= 11 is 0. The van der Waals surface area contributed by atoms with Gasteiger partial charge in [-0.05, 0) is 24.5 Å². The van der Waals surface area contributed by atoms with Crippen molar-refractivity contribution >= 4 is 11.0 Å². The second-order valence-electron chi connectivity index (χ2n) is 3.15. The largest absolute Gasteiger partial charge is 0.253 e. The Morgan fingerprint density at radius 3 is 2.46 bits per heavy atom. The summed E-state index contributed by atoms with van der Waals surface area (Å²) in [6.07, 6.45) is 4.51. The first kappa shape index (κ1) is 8.17. The fourth-order valence-corrected chi connectivity index (χ4v) is 1.53. The maximum atomic E-state index is 4.35. The van der Waals surface area contributed by atoms with Crippen molar-refractivity contribution in [2.75, 3.05) is 0 Å². The number of hydrogen-bond acceptors (Lipinski definition) is 2. The highest BCUT2D eigenvalue weighted by Gasteiger charge is 2.02. The standard InChI is InChI=1S/C11H12N2/c1-3-9-5-4-8(2)10-11(9)13-7-6-12-10/h4-7H,3H2,1-2H3. The van der Waals surface area contributed by atoms with Crippen molar-refractivity contribution in [2.45, 2.75) is 20.3 Å². The van der Waals surface area contributed by atoms with Crippen LogP contribution in [-0.4, -0.2) is 9.97 Å². The zero-order valence-electron chi connectivity index (χ0n) is 7.91. The minimum atomic E-state index is 1.01. The molecule has 1 aromatic carbocycles. The summed E-state index contributed by atoms with van der Waals surface area (Å²) < 4.78 is 0. The molecule has 2 nitrogen and oxygen atoms in total. The van der Waals surface area contributed by atoms with Crippen LogP contribution in [0.4, 0.5) is 0 Å².